The fourth-order valence-corrected chi connectivity index (χ4v) is 3.30. The average Bonchev–Trinajstić information content (AvgIpc) is 2.64. The van der Waals surface area contributed by atoms with Crippen LogP contribution in [0.1, 0.15) is 16.2 Å². The minimum Gasteiger partial charge on any atom is -0.484 e. The van der Waals surface area contributed by atoms with E-state index in [1.54, 1.807) is 12.1 Å². The monoisotopic (exact) mass is 389 g/mol. The number of rotatable bonds is 5. The van der Waals surface area contributed by atoms with Crippen LogP contribution < -0.4 is 15.8 Å². The van der Waals surface area contributed by atoms with E-state index in [0.29, 0.717) is 0 Å². The third kappa shape index (κ3) is 3.96. The van der Waals surface area contributed by atoms with Crippen LogP contribution in [-0.2, 0) is 16.4 Å². The predicted octanol–water partition coefficient (Wildman–Crippen LogP) is 1.02. The van der Waals surface area contributed by atoms with Crippen LogP contribution in [-0.4, -0.2) is 35.8 Å². The fraction of sp³-hybridized carbons (Fsp3) is 0.118. The summed E-state index contributed by atoms with van der Waals surface area (Å²) in [6.07, 6.45) is 1.07. The summed E-state index contributed by atoms with van der Waals surface area (Å²) in [5.41, 5.74) is 1.42. The van der Waals surface area contributed by atoms with E-state index in [-0.39, 0.29) is 39.5 Å². The Labute approximate surface area is 153 Å². The van der Waals surface area contributed by atoms with E-state index >= 15 is 0 Å². The zero-order valence-electron chi connectivity index (χ0n) is 14.1. The van der Waals surface area contributed by atoms with Crippen molar-refractivity contribution in [3.63, 3.8) is 0 Å². The highest BCUT2D eigenvalue weighted by molar-refractivity contribution is 7.90. The van der Waals surface area contributed by atoms with Gasteiger partial charge in [-0.3, -0.25) is 14.8 Å². The molecule has 3 N–H and O–H groups in total. The zero-order chi connectivity index (χ0) is 19.6. The summed E-state index contributed by atoms with van der Waals surface area (Å²) < 4.78 is 29.1. The molecule has 0 unspecified atom stereocenters. The maximum Gasteiger partial charge on any atom is 0.274 e. The number of hydrogen-bond acceptors (Lipinski definition) is 7. The molecule has 2 aromatic carbocycles. The van der Waals surface area contributed by atoms with Crippen LogP contribution in [0.15, 0.2) is 52.2 Å². The minimum atomic E-state index is -3.48. The fourth-order valence-electron chi connectivity index (χ4n) is 2.48. The van der Waals surface area contributed by atoms with Crippen LogP contribution in [0, 0.1) is 0 Å². The van der Waals surface area contributed by atoms with Gasteiger partial charge in [0.05, 0.1) is 10.9 Å². The Morgan fingerprint density at radius 1 is 1.26 bits per heavy atom. The standard InChI is InChI=1S/C17H15N3O6S/c1-27(24,25)14-5-3-2-4-13(14)26-9-15-18-12-8-10(16(21)20-23)6-7-11(12)17(22)19-15/h2-8,23H,9H2,1H3,(H,20,21)(H,18,19,22). The van der Waals surface area contributed by atoms with Crippen molar-refractivity contribution in [3.05, 3.63) is 64.2 Å². The predicted molar refractivity (Wildman–Crippen MR) is 95.5 cm³/mol. The molecular weight excluding hydrogens is 374 g/mol. The lowest BCUT2D eigenvalue weighted by molar-refractivity contribution is 0.0706. The molecule has 0 fully saturated rings. The molecule has 27 heavy (non-hydrogen) atoms. The van der Waals surface area contributed by atoms with Gasteiger partial charge in [-0.05, 0) is 30.3 Å². The first-order chi connectivity index (χ1) is 12.8. The lowest BCUT2D eigenvalue weighted by Gasteiger charge is -2.10. The summed E-state index contributed by atoms with van der Waals surface area (Å²) in [5.74, 6) is -0.452. The molecule has 1 heterocycles. The Kier molecular flexibility index (Phi) is 4.93. The van der Waals surface area contributed by atoms with Crippen molar-refractivity contribution >= 4 is 26.6 Å². The van der Waals surface area contributed by atoms with E-state index in [1.807, 2.05) is 0 Å². The lowest BCUT2D eigenvalue weighted by Crippen LogP contribution is -2.19. The van der Waals surface area contributed by atoms with Gasteiger partial charge in [-0.15, -0.1) is 0 Å². The SMILES string of the molecule is CS(=O)(=O)c1ccccc1OCc1nc2cc(C(=O)NO)ccc2c(=O)[nH]1. The quantitative estimate of drug-likeness (QED) is 0.437. The molecule has 1 aromatic heterocycles. The van der Waals surface area contributed by atoms with Gasteiger partial charge in [0, 0.05) is 11.8 Å². The minimum absolute atomic E-state index is 0.0232. The number of para-hydroxylation sites is 1. The van der Waals surface area contributed by atoms with Crippen molar-refractivity contribution in [3.8, 4) is 5.75 Å². The Morgan fingerprint density at radius 3 is 2.70 bits per heavy atom. The highest BCUT2D eigenvalue weighted by Crippen LogP contribution is 2.23. The third-order valence-electron chi connectivity index (χ3n) is 3.73. The van der Waals surface area contributed by atoms with Gasteiger partial charge in [-0.2, -0.15) is 0 Å². The summed E-state index contributed by atoms with van der Waals surface area (Å²) in [6.45, 7) is -0.186. The van der Waals surface area contributed by atoms with Crippen LogP contribution in [0.25, 0.3) is 10.9 Å². The Hall–Kier alpha value is -3.24. The number of hydrogen-bond donors (Lipinski definition) is 3. The van der Waals surface area contributed by atoms with E-state index in [0.717, 1.165) is 6.26 Å². The van der Waals surface area contributed by atoms with Crippen molar-refractivity contribution in [2.45, 2.75) is 11.5 Å². The van der Waals surface area contributed by atoms with Gasteiger partial charge in [0.25, 0.3) is 11.5 Å². The average molecular weight is 389 g/mol. The summed E-state index contributed by atoms with van der Waals surface area (Å²) >= 11 is 0. The number of amides is 1. The third-order valence-corrected chi connectivity index (χ3v) is 4.87. The van der Waals surface area contributed by atoms with E-state index < -0.39 is 21.3 Å². The summed E-state index contributed by atoms with van der Waals surface area (Å²) in [4.78, 5) is 30.5. The molecule has 0 aliphatic carbocycles. The Morgan fingerprint density at radius 2 is 2.00 bits per heavy atom. The second-order valence-corrected chi connectivity index (χ2v) is 7.68. The molecule has 0 aliphatic rings. The lowest BCUT2D eigenvalue weighted by atomic mass is 10.1. The first kappa shape index (κ1) is 18.5. The van der Waals surface area contributed by atoms with Gasteiger partial charge in [0.15, 0.2) is 9.84 Å². The van der Waals surface area contributed by atoms with Crippen LogP contribution in [0.4, 0.5) is 0 Å². The normalized spacial score (nSPS) is 11.3. The number of hydroxylamine groups is 1. The van der Waals surface area contributed by atoms with E-state index in [9.17, 15) is 18.0 Å². The maximum atomic E-state index is 12.2. The number of nitrogens with one attached hydrogen (secondary N) is 2. The molecule has 1 amide bonds. The number of nitrogens with zero attached hydrogens (tertiary/aromatic N) is 1. The van der Waals surface area contributed by atoms with Gasteiger partial charge in [0.2, 0.25) is 0 Å². The smallest absolute Gasteiger partial charge is 0.274 e. The van der Waals surface area contributed by atoms with Crippen LogP contribution in [0.3, 0.4) is 0 Å². The molecule has 0 spiro atoms. The number of sulfone groups is 1. The molecule has 0 saturated carbocycles. The maximum absolute atomic E-state index is 12.2. The molecule has 10 heteroatoms. The van der Waals surface area contributed by atoms with Gasteiger partial charge in [0.1, 0.15) is 23.1 Å². The highest BCUT2D eigenvalue weighted by Gasteiger charge is 2.15. The molecule has 3 aromatic rings. The van der Waals surface area contributed by atoms with Gasteiger partial charge < -0.3 is 9.72 Å². The Balaban J connectivity index is 1.94. The second-order valence-electron chi connectivity index (χ2n) is 5.69. The first-order valence-corrected chi connectivity index (χ1v) is 9.58. The molecule has 0 aliphatic heterocycles. The molecule has 0 radical (unpaired) electrons. The van der Waals surface area contributed by atoms with Crippen molar-refractivity contribution in [2.75, 3.05) is 6.26 Å². The first-order valence-electron chi connectivity index (χ1n) is 7.69. The molecule has 0 saturated heterocycles. The van der Waals surface area contributed by atoms with Crippen molar-refractivity contribution in [2.24, 2.45) is 0 Å². The molecule has 140 valence electrons. The summed E-state index contributed by atoms with van der Waals surface area (Å²) in [5, 5.41) is 8.97. The summed E-state index contributed by atoms with van der Waals surface area (Å²) in [6, 6.07) is 10.3. The van der Waals surface area contributed by atoms with Crippen molar-refractivity contribution in [1.29, 1.82) is 0 Å². The van der Waals surface area contributed by atoms with Crippen molar-refractivity contribution < 1.29 is 23.2 Å². The number of carbonyl (C=O) groups is 1. The highest BCUT2D eigenvalue weighted by atomic mass is 32.2. The van der Waals surface area contributed by atoms with E-state index in [1.165, 1.54) is 35.8 Å². The van der Waals surface area contributed by atoms with Gasteiger partial charge >= 0.3 is 0 Å². The van der Waals surface area contributed by atoms with Gasteiger partial charge in [-0.25, -0.2) is 18.9 Å². The van der Waals surface area contributed by atoms with E-state index in [2.05, 4.69) is 9.97 Å². The number of H-pyrrole nitrogens is 1. The van der Waals surface area contributed by atoms with Crippen LogP contribution >= 0.6 is 0 Å². The number of fused-ring (bicyclic) bond motifs is 1. The van der Waals surface area contributed by atoms with Gasteiger partial charge in [-0.1, -0.05) is 12.1 Å². The number of benzene rings is 2. The molecule has 0 atom stereocenters. The number of carbonyl (C=O) groups excluding carboxylic acids is 1. The van der Waals surface area contributed by atoms with Crippen LogP contribution in [0.5, 0.6) is 5.75 Å². The van der Waals surface area contributed by atoms with Crippen LogP contribution in [0.2, 0.25) is 0 Å². The number of aromatic nitrogens is 2. The molecular formula is C17H15N3O6S. The summed E-state index contributed by atoms with van der Waals surface area (Å²) in [7, 11) is -3.48. The second kappa shape index (κ2) is 7.17. The topological polar surface area (TPSA) is 138 Å². The van der Waals surface area contributed by atoms with E-state index in [4.69, 9.17) is 9.94 Å². The molecule has 9 nitrogen and oxygen atoms in total. The number of ether oxygens (including phenoxy) is 1. The molecule has 3 rings (SSSR count). The number of aromatic amines is 1. The zero-order valence-corrected chi connectivity index (χ0v) is 14.9. The molecule has 0 bridgehead atoms. The van der Waals surface area contributed by atoms with Crippen molar-refractivity contribution in [1.82, 2.24) is 15.4 Å². The Bertz CT molecular complexity index is 1190. The largest absolute Gasteiger partial charge is 0.484 e.